The van der Waals surface area contributed by atoms with Gasteiger partial charge >= 0.3 is 0 Å². The monoisotopic (exact) mass is 337 g/mol. The molecule has 0 atom stereocenters. The van der Waals surface area contributed by atoms with Crippen LogP contribution in [0.1, 0.15) is 11.3 Å². The van der Waals surface area contributed by atoms with E-state index >= 15 is 0 Å². The second-order valence-electron chi connectivity index (χ2n) is 5.57. The van der Waals surface area contributed by atoms with Gasteiger partial charge < -0.3 is 10.1 Å². The molecule has 0 aliphatic heterocycles. The molecule has 7 heteroatoms. The van der Waals surface area contributed by atoms with Crippen molar-refractivity contribution in [3.05, 3.63) is 60.2 Å². The lowest BCUT2D eigenvalue weighted by Crippen LogP contribution is -2.29. The number of benzene rings is 1. The fraction of sp³-hybridized carbons (Fsp3) is 0.222. The Balaban J connectivity index is 1.56. The topological polar surface area (TPSA) is 81.9 Å². The SMILES string of the molecule is Cc1ccccc1OCC(=O)NCc1cc(-c2cnccn2)nn1C. The predicted octanol–water partition coefficient (Wildman–Crippen LogP) is 1.88. The average Bonchev–Trinajstić information content (AvgIpc) is 3.01. The average molecular weight is 337 g/mol. The number of carbonyl (C=O) groups excluding carboxylic acids is 1. The molecule has 0 unspecified atom stereocenters. The molecule has 0 aliphatic carbocycles. The Morgan fingerprint density at radius 3 is 2.84 bits per heavy atom. The molecule has 2 aromatic heterocycles. The molecule has 1 amide bonds. The van der Waals surface area contributed by atoms with E-state index in [-0.39, 0.29) is 12.5 Å². The van der Waals surface area contributed by atoms with Crippen molar-refractivity contribution in [2.24, 2.45) is 7.05 Å². The van der Waals surface area contributed by atoms with E-state index in [0.29, 0.717) is 18.0 Å². The van der Waals surface area contributed by atoms with Crippen LogP contribution in [0.2, 0.25) is 0 Å². The third-order valence-electron chi connectivity index (χ3n) is 3.72. The van der Waals surface area contributed by atoms with Crippen molar-refractivity contribution in [2.75, 3.05) is 6.61 Å². The van der Waals surface area contributed by atoms with E-state index in [4.69, 9.17) is 4.74 Å². The fourth-order valence-electron chi connectivity index (χ4n) is 2.33. The number of ether oxygens (including phenoxy) is 1. The fourth-order valence-corrected chi connectivity index (χ4v) is 2.33. The first-order valence-electron chi connectivity index (χ1n) is 7.88. The highest BCUT2D eigenvalue weighted by atomic mass is 16.5. The largest absolute Gasteiger partial charge is 0.484 e. The Labute approximate surface area is 145 Å². The number of hydrogen-bond acceptors (Lipinski definition) is 5. The smallest absolute Gasteiger partial charge is 0.258 e. The standard InChI is InChI=1S/C18H19N5O2/c1-13-5-3-4-6-17(13)25-12-18(24)21-10-14-9-15(22-23(14)2)16-11-19-7-8-20-16/h3-9,11H,10,12H2,1-2H3,(H,21,24). The molecular formula is C18H19N5O2. The number of hydrogen-bond donors (Lipinski definition) is 1. The van der Waals surface area contributed by atoms with E-state index < -0.39 is 0 Å². The van der Waals surface area contributed by atoms with Crippen molar-refractivity contribution in [3.8, 4) is 17.1 Å². The molecule has 128 valence electrons. The van der Waals surface area contributed by atoms with Crippen LogP contribution >= 0.6 is 0 Å². The lowest BCUT2D eigenvalue weighted by Gasteiger charge is -2.09. The van der Waals surface area contributed by atoms with Gasteiger partial charge in [-0.2, -0.15) is 5.10 Å². The van der Waals surface area contributed by atoms with E-state index in [1.165, 1.54) is 0 Å². The number of aryl methyl sites for hydroxylation is 2. The predicted molar refractivity (Wildman–Crippen MR) is 92.8 cm³/mol. The van der Waals surface area contributed by atoms with Crippen LogP contribution in [-0.4, -0.2) is 32.3 Å². The van der Waals surface area contributed by atoms with Crippen LogP contribution in [0.5, 0.6) is 5.75 Å². The number of para-hydroxylation sites is 1. The Bertz CT molecular complexity index is 861. The summed E-state index contributed by atoms with van der Waals surface area (Å²) in [5, 5.41) is 7.23. The van der Waals surface area contributed by atoms with E-state index in [9.17, 15) is 4.79 Å². The zero-order valence-corrected chi connectivity index (χ0v) is 14.1. The van der Waals surface area contributed by atoms with Crippen molar-refractivity contribution in [2.45, 2.75) is 13.5 Å². The van der Waals surface area contributed by atoms with Gasteiger partial charge in [0.15, 0.2) is 6.61 Å². The first-order chi connectivity index (χ1) is 12.1. The number of carbonyl (C=O) groups is 1. The minimum absolute atomic E-state index is 0.0281. The first-order valence-corrected chi connectivity index (χ1v) is 7.88. The molecule has 0 bridgehead atoms. The minimum atomic E-state index is -0.189. The summed E-state index contributed by atoms with van der Waals surface area (Å²) in [5.41, 5.74) is 3.27. The van der Waals surface area contributed by atoms with Gasteiger partial charge in [0.2, 0.25) is 0 Å². The van der Waals surface area contributed by atoms with Gasteiger partial charge in [-0.3, -0.25) is 19.4 Å². The van der Waals surface area contributed by atoms with Crippen molar-refractivity contribution < 1.29 is 9.53 Å². The van der Waals surface area contributed by atoms with Gasteiger partial charge in [-0.25, -0.2) is 0 Å². The molecule has 0 radical (unpaired) electrons. The molecule has 3 aromatic rings. The second-order valence-corrected chi connectivity index (χ2v) is 5.57. The minimum Gasteiger partial charge on any atom is -0.484 e. The van der Waals surface area contributed by atoms with Crippen LogP contribution in [0.15, 0.2) is 48.9 Å². The third kappa shape index (κ3) is 4.20. The molecular weight excluding hydrogens is 318 g/mol. The van der Waals surface area contributed by atoms with E-state index in [1.54, 1.807) is 23.3 Å². The molecule has 0 saturated heterocycles. The van der Waals surface area contributed by atoms with E-state index in [2.05, 4.69) is 20.4 Å². The summed E-state index contributed by atoms with van der Waals surface area (Å²) in [7, 11) is 1.82. The van der Waals surface area contributed by atoms with Crippen molar-refractivity contribution in [3.63, 3.8) is 0 Å². The first kappa shape index (κ1) is 16.6. The van der Waals surface area contributed by atoms with Gasteiger partial charge in [-0.1, -0.05) is 18.2 Å². The van der Waals surface area contributed by atoms with Gasteiger partial charge in [0.25, 0.3) is 5.91 Å². The number of aromatic nitrogens is 4. The Morgan fingerprint density at radius 1 is 1.24 bits per heavy atom. The molecule has 0 fully saturated rings. The molecule has 0 aliphatic rings. The van der Waals surface area contributed by atoms with Gasteiger partial charge in [0.05, 0.1) is 18.4 Å². The van der Waals surface area contributed by atoms with E-state index in [0.717, 1.165) is 17.0 Å². The van der Waals surface area contributed by atoms with Crippen molar-refractivity contribution in [1.82, 2.24) is 25.1 Å². The van der Waals surface area contributed by atoms with Crippen LogP contribution in [0.4, 0.5) is 0 Å². The van der Waals surface area contributed by atoms with Gasteiger partial charge in [-0.05, 0) is 24.6 Å². The highest BCUT2D eigenvalue weighted by Crippen LogP contribution is 2.16. The maximum atomic E-state index is 12.0. The summed E-state index contributed by atoms with van der Waals surface area (Å²) in [6.07, 6.45) is 4.89. The molecule has 7 nitrogen and oxygen atoms in total. The summed E-state index contributed by atoms with van der Waals surface area (Å²) in [6.45, 7) is 2.27. The summed E-state index contributed by atoms with van der Waals surface area (Å²) < 4.78 is 7.25. The lowest BCUT2D eigenvalue weighted by atomic mass is 10.2. The molecule has 0 saturated carbocycles. The number of nitrogens with zero attached hydrogens (tertiary/aromatic N) is 4. The normalized spacial score (nSPS) is 10.5. The molecule has 1 aromatic carbocycles. The quantitative estimate of drug-likeness (QED) is 0.743. The van der Waals surface area contributed by atoms with Crippen LogP contribution in [0.25, 0.3) is 11.4 Å². The Hall–Kier alpha value is -3.22. The number of amides is 1. The summed E-state index contributed by atoms with van der Waals surface area (Å²) >= 11 is 0. The third-order valence-corrected chi connectivity index (χ3v) is 3.72. The zero-order valence-electron chi connectivity index (χ0n) is 14.1. The van der Waals surface area contributed by atoms with Gasteiger partial charge in [-0.15, -0.1) is 0 Å². The van der Waals surface area contributed by atoms with Crippen molar-refractivity contribution >= 4 is 5.91 Å². The number of nitrogens with one attached hydrogen (secondary N) is 1. The van der Waals surface area contributed by atoms with Gasteiger partial charge in [0.1, 0.15) is 17.1 Å². The van der Waals surface area contributed by atoms with Gasteiger partial charge in [0, 0.05) is 19.4 Å². The Morgan fingerprint density at radius 2 is 2.08 bits per heavy atom. The van der Waals surface area contributed by atoms with Crippen LogP contribution < -0.4 is 10.1 Å². The highest BCUT2D eigenvalue weighted by molar-refractivity contribution is 5.77. The van der Waals surface area contributed by atoms with Crippen LogP contribution in [-0.2, 0) is 18.4 Å². The zero-order chi connectivity index (χ0) is 17.6. The molecule has 3 rings (SSSR count). The van der Waals surface area contributed by atoms with Crippen molar-refractivity contribution in [1.29, 1.82) is 0 Å². The maximum Gasteiger partial charge on any atom is 0.258 e. The number of rotatable bonds is 6. The summed E-state index contributed by atoms with van der Waals surface area (Å²) in [4.78, 5) is 20.3. The van der Waals surface area contributed by atoms with Crippen LogP contribution in [0.3, 0.4) is 0 Å². The Kier molecular flexibility index (Phi) is 5.03. The molecule has 2 heterocycles. The molecule has 25 heavy (non-hydrogen) atoms. The van der Waals surface area contributed by atoms with Crippen LogP contribution in [0, 0.1) is 6.92 Å². The molecule has 1 N–H and O–H groups in total. The van der Waals surface area contributed by atoms with E-state index in [1.807, 2.05) is 44.3 Å². The summed E-state index contributed by atoms with van der Waals surface area (Å²) in [5.74, 6) is 0.522. The molecule has 0 spiro atoms. The summed E-state index contributed by atoms with van der Waals surface area (Å²) in [6, 6.07) is 9.48. The maximum absolute atomic E-state index is 12.0. The lowest BCUT2D eigenvalue weighted by molar-refractivity contribution is -0.123. The highest BCUT2D eigenvalue weighted by Gasteiger charge is 2.10. The second kappa shape index (κ2) is 7.57.